The van der Waals surface area contributed by atoms with Crippen molar-refractivity contribution in [1.82, 2.24) is 44.6 Å². The maximum Gasteiger partial charge on any atom is 0.248 e. The molecule has 2 aliphatic heterocycles. The van der Waals surface area contributed by atoms with Crippen LogP contribution < -0.4 is 21.3 Å². The Morgan fingerprint density at radius 3 is 1.44 bits per heavy atom. The van der Waals surface area contributed by atoms with E-state index in [-0.39, 0.29) is 0 Å². The summed E-state index contributed by atoms with van der Waals surface area (Å²) >= 11 is 23.9. The van der Waals surface area contributed by atoms with Crippen LogP contribution in [0.1, 0.15) is 26.6 Å². The monoisotopic (exact) mass is 1030 g/mol. The lowest BCUT2D eigenvalue weighted by Crippen LogP contribution is -2.44. The smallest absolute Gasteiger partial charge is 0.248 e. The topological polar surface area (TPSA) is 154 Å². The van der Waals surface area contributed by atoms with E-state index in [0.29, 0.717) is 17.2 Å². The van der Waals surface area contributed by atoms with Crippen LogP contribution in [-0.2, 0) is 3.79 Å². The van der Waals surface area contributed by atoms with Gasteiger partial charge >= 0.3 is 0 Å². The Bertz CT molecular complexity index is 2510. The zero-order valence-electron chi connectivity index (χ0n) is 35.8. The van der Waals surface area contributed by atoms with Crippen molar-refractivity contribution in [2.24, 2.45) is 0 Å². The lowest BCUT2D eigenvalue weighted by atomic mass is 10.2. The zero-order valence-corrected chi connectivity index (χ0v) is 41.3. The second-order valence-electron chi connectivity index (χ2n) is 15.3. The highest BCUT2D eigenvalue weighted by Gasteiger charge is 2.27. The van der Waals surface area contributed by atoms with Crippen molar-refractivity contribution in [3.63, 3.8) is 0 Å². The number of likely N-dealkylation sites (N-methyl/N-ethyl adjacent to an activating group) is 2. The molecule has 0 radical (unpaired) electrons. The molecule has 0 amide bonds. The van der Waals surface area contributed by atoms with E-state index in [0.717, 1.165) is 106 Å². The Morgan fingerprint density at radius 1 is 0.565 bits per heavy atom. The number of hydrogen-bond donors (Lipinski definition) is 5. The summed E-state index contributed by atoms with van der Waals surface area (Å²) in [6.07, 6.45) is 0. The molecule has 0 aliphatic carbocycles. The first-order valence-corrected chi connectivity index (χ1v) is 23.5. The molecule has 4 aromatic carbocycles. The van der Waals surface area contributed by atoms with Gasteiger partial charge in [0.15, 0.2) is 17.5 Å². The van der Waals surface area contributed by atoms with Gasteiger partial charge in [0.1, 0.15) is 0 Å². The number of nitrogens with zero attached hydrogens (tertiary/aromatic N) is 8. The van der Waals surface area contributed by atoms with Gasteiger partial charge in [-0.3, -0.25) is 0 Å². The van der Waals surface area contributed by atoms with Crippen LogP contribution in [-0.4, -0.2) is 131 Å². The van der Waals surface area contributed by atoms with Gasteiger partial charge in [0.25, 0.3) is 0 Å². The van der Waals surface area contributed by atoms with Crippen LogP contribution in [0.25, 0.3) is 44.7 Å². The minimum atomic E-state index is -1.51. The molecule has 7 aromatic rings. The van der Waals surface area contributed by atoms with Crippen LogP contribution in [0, 0.1) is 0 Å². The number of alkyl halides is 3. The molecule has 5 heterocycles. The van der Waals surface area contributed by atoms with Crippen molar-refractivity contribution in [2.45, 2.75) is 24.6 Å². The van der Waals surface area contributed by atoms with Crippen LogP contribution in [0.2, 0.25) is 0 Å². The highest BCUT2D eigenvalue weighted by atomic mass is 79.9. The van der Waals surface area contributed by atoms with E-state index in [1.807, 2.05) is 54.6 Å². The Hall–Kier alpha value is -3.80. The number of H-pyrrole nitrogens is 3. The number of benzene rings is 4. The molecule has 3 aromatic heterocycles. The number of imidazole rings is 3. The SMILES string of the molecule is CCN(CC)CC.CN1CCN(c2ccc(N)c(N)c2)CC1.CN1CCN(c2ccc3nc(-c4nc5ccc(Br)cc5[nH]4)[nH]c3c2)CC1.ClC(Cl)(Cl)c1nc2ccc(Br)cc2[nH]1. The van der Waals surface area contributed by atoms with Crippen molar-refractivity contribution in [3.05, 3.63) is 87.6 Å². The molecular weight excluding hydrogens is 977 g/mol. The molecule has 2 aliphatic rings. The standard InChI is InChI=1S/C19H19BrN6.C11H18N4.C8H4BrCl3N2.C6H15N/c1-25-6-8-26(9-7-25)13-3-5-15-17(11-13)24-19(22-15)18-21-14-4-2-12(20)10-16(14)23-18;1-14-4-6-15(7-5-14)9-2-3-10(12)11(13)8-9;9-4-1-2-5-6(3-4)14-7(13-5)8(10,11)12;1-4-7(5-2)6-3/h2-5,10-11H,6-9H2,1H3,(H,21,23)(H,22,24);2-3,8H,4-7,12-13H2,1H3;1-3H,(H,13,14);4-6H2,1-3H3. The van der Waals surface area contributed by atoms with Gasteiger partial charge in [-0.1, -0.05) is 87.4 Å². The second-order valence-corrected chi connectivity index (χ2v) is 19.4. The van der Waals surface area contributed by atoms with Gasteiger partial charge in [-0.15, -0.1) is 0 Å². The molecule has 7 N–H and O–H groups in total. The van der Waals surface area contributed by atoms with Crippen molar-refractivity contribution < 1.29 is 0 Å². The van der Waals surface area contributed by atoms with E-state index in [2.05, 4.69) is 134 Å². The predicted octanol–water partition coefficient (Wildman–Crippen LogP) is 9.72. The first kappa shape index (κ1) is 47.7. The number of nitrogen functional groups attached to an aromatic ring is 2. The van der Waals surface area contributed by atoms with E-state index in [4.69, 9.17) is 51.3 Å². The van der Waals surface area contributed by atoms with Crippen LogP contribution in [0.4, 0.5) is 22.7 Å². The van der Waals surface area contributed by atoms with Crippen molar-refractivity contribution in [3.8, 4) is 11.6 Å². The largest absolute Gasteiger partial charge is 0.397 e. The molecule has 0 saturated carbocycles. The normalized spacial score (nSPS) is 15.0. The molecular formula is C44H56Br2Cl3N13. The first-order valence-electron chi connectivity index (χ1n) is 20.8. The van der Waals surface area contributed by atoms with E-state index < -0.39 is 3.79 Å². The molecule has 2 fully saturated rings. The fraction of sp³-hybridized carbons (Fsp3) is 0.386. The number of halogens is 5. The summed E-state index contributed by atoms with van der Waals surface area (Å²) in [6, 6.07) is 23.9. The second kappa shape index (κ2) is 21.7. The number of anilines is 4. The predicted molar refractivity (Wildman–Crippen MR) is 270 cm³/mol. The summed E-state index contributed by atoms with van der Waals surface area (Å²) in [4.78, 5) is 35.1. The Morgan fingerprint density at radius 2 is 0.984 bits per heavy atom. The molecule has 0 bridgehead atoms. The summed E-state index contributed by atoms with van der Waals surface area (Å²) in [5.74, 6) is 1.86. The Labute approximate surface area is 395 Å². The molecule has 62 heavy (non-hydrogen) atoms. The van der Waals surface area contributed by atoms with Crippen LogP contribution in [0.5, 0.6) is 0 Å². The summed E-state index contributed by atoms with van der Waals surface area (Å²) < 4.78 is 0.469. The number of aromatic amines is 3. The molecule has 332 valence electrons. The van der Waals surface area contributed by atoms with Crippen LogP contribution in [0.15, 0.2) is 81.7 Å². The first-order chi connectivity index (χ1) is 29.6. The lowest BCUT2D eigenvalue weighted by Gasteiger charge is -2.34. The Kier molecular flexibility index (Phi) is 16.7. The maximum absolute atomic E-state index is 5.79. The van der Waals surface area contributed by atoms with Gasteiger partial charge in [0, 0.05) is 72.7 Å². The summed E-state index contributed by atoms with van der Waals surface area (Å²) in [5, 5.41) is 0. The fourth-order valence-corrected chi connectivity index (χ4v) is 8.07. The third-order valence-electron chi connectivity index (χ3n) is 11.0. The lowest BCUT2D eigenvalue weighted by molar-refractivity contribution is 0.313. The number of nitrogens with one attached hydrogen (secondary N) is 3. The molecule has 2 saturated heterocycles. The van der Waals surface area contributed by atoms with E-state index >= 15 is 0 Å². The summed E-state index contributed by atoms with van der Waals surface area (Å²) in [7, 11) is 4.32. The van der Waals surface area contributed by atoms with Crippen LogP contribution >= 0.6 is 66.7 Å². The highest BCUT2D eigenvalue weighted by Crippen LogP contribution is 2.37. The third-order valence-corrected chi connectivity index (χ3v) is 12.5. The average Bonchev–Trinajstić information content (AvgIpc) is 4.00. The molecule has 18 heteroatoms. The van der Waals surface area contributed by atoms with Crippen molar-refractivity contribution in [2.75, 3.05) is 107 Å². The van der Waals surface area contributed by atoms with Crippen LogP contribution in [0.3, 0.4) is 0 Å². The average molecular weight is 1030 g/mol. The van der Waals surface area contributed by atoms with Gasteiger partial charge in [0.2, 0.25) is 3.79 Å². The van der Waals surface area contributed by atoms with E-state index in [1.165, 1.54) is 31.0 Å². The van der Waals surface area contributed by atoms with E-state index in [1.54, 1.807) is 0 Å². The number of piperazine rings is 2. The third kappa shape index (κ3) is 12.7. The zero-order chi connectivity index (χ0) is 44.6. The maximum atomic E-state index is 5.79. The molecule has 9 rings (SSSR count). The Balaban J connectivity index is 0.000000153. The summed E-state index contributed by atoms with van der Waals surface area (Å²) in [5.41, 5.74) is 20.8. The van der Waals surface area contributed by atoms with Gasteiger partial charge in [-0.2, -0.15) is 0 Å². The number of nitrogens with two attached hydrogens (primary N) is 2. The highest BCUT2D eigenvalue weighted by molar-refractivity contribution is 9.10. The quantitative estimate of drug-likeness (QED) is 0.0804. The minimum absolute atomic E-state index is 0.329. The molecule has 0 spiro atoms. The van der Waals surface area contributed by atoms with Crippen molar-refractivity contribution in [1.29, 1.82) is 0 Å². The number of rotatable bonds is 6. The summed E-state index contributed by atoms with van der Waals surface area (Å²) in [6.45, 7) is 18.7. The fourth-order valence-electron chi connectivity index (χ4n) is 7.08. The number of hydrogen-bond acceptors (Lipinski definition) is 10. The molecule has 0 unspecified atom stereocenters. The van der Waals surface area contributed by atoms with Crippen molar-refractivity contribution >= 4 is 123 Å². The van der Waals surface area contributed by atoms with Gasteiger partial charge in [-0.05, 0) is 107 Å². The van der Waals surface area contributed by atoms with Gasteiger partial charge in [0.05, 0.1) is 44.5 Å². The minimum Gasteiger partial charge on any atom is -0.397 e. The molecule has 13 nitrogen and oxygen atoms in total. The molecule has 0 atom stereocenters. The van der Waals surface area contributed by atoms with Gasteiger partial charge < -0.3 is 50.9 Å². The van der Waals surface area contributed by atoms with E-state index in [9.17, 15) is 0 Å². The van der Waals surface area contributed by atoms with Gasteiger partial charge in [-0.25, -0.2) is 15.0 Å². The number of aromatic nitrogens is 6. The number of fused-ring (bicyclic) bond motifs is 3.